The molecule has 10 heteroatoms. The molecule has 0 saturated carbocycles. The predicted octanol–water partition coefficient (Wildman–Crippen LogP) is 7.34. The Morgan fingerprint density at radius 1 is 1.08 bits per heavy atom. The van der Waals surface area contributed by atoms with Crippen LogP contribution < -0.4 is 10.1 Å². The highest BCUT2D eigenvalue weighted by molar-refractivity contribution is 6.31. The predicted molar refractivity (Wildman–Crippen MR) is 148 cm³/mol. The maximum absolute atomic E-state index is 14.8. The van der Waals surface area contributed by atoms with Gasteiger partial charge in [0.15, 0.2) is 5.82 Å². The van der Waals surface area contributed by atoms with E-state index in [0.717, 1.165) is 27.3 Å². The fraction of sp³-hybridized carbons (Fsp3) is 0.138. The van der Waals surface area contributed by atoms with E-state index in [-0.39, 0.29) is 11.5 Å². The van der Waals surface area contributed by atoms with Crippen molar-refractivity contribution in [3.05, 3.63) is 95.7 Å². The summed E-state index contributed by atoms with van der Waals surface area (Å²) in [5, 5.41) is 7.73. The third-order valence-electron chi connectivity index (χ3n) is 6.62. The van der Waals surface area contributed by atoms with Crippen LogP contribution in [0.1, 0.15) is 22.8 Å². The van der Waals surface area contributed by atoms with Crippen LogP contribution in [0.15, 0.2) is 73.3 Å². The summed E-state index contributed by atoms with van der Waals surface area (Å²) < 4.78 is 61.2. The Balaban J connectivity index is 1.50. The highest BCUT2D eigenvalue weighted by Gasteiger charge is 2.21. The van der Waals surface area contributed by atoms with E-state index in [0.29, 0.717) is 27.8 Å². The summed E-state index contributed by atoms with van der Waals surface area (Å²) in [5.41, 5.74) is 3.40. The molecule has 196 valence electrons. The number of para-hydroxylation sites is 1. The van der Waals surface area contributed by atoms with Gasteiger partial charge in [0.2, 0.25) is 0 Å². The van der Waals surface area contributed by atoms with E-state index in [1.54, 1.807) is 12.1 Å². The van der Waals surface area contributed by atoms with Gasteiger partial charge in [0.05, 0.1) is 28.5 Å². The fourth-order valence-electron chi connectivity index (χ4n) is 4.68. The summed E-state index contributed by atoms with van der Waals surface area (Å²) in [6, 6.07) is 15.7. The quantitative estimate of drug-likeness (QED) is 0.221. The van der Waals surface area contributed by atoms with Crippen LogP contribution in [0.5, 0.6) is 5.75 Å². The van der Waals surface area contributed by atoms with Gasteiger partial charge in [-0.1, -0.05) is 29.8 Å². The normalized spacial score (nSPS) is 13.7. The lowest BCUT2D eigenvalue weighted by molar-refractivity contribution is 0.221. The topological polar surface area (TPSA) is 69.8 Å². The Morgan fingerprint density at radius 2 is 1.92 bits per heavy atom. The molecule has 0 bridgehead atoms. The molecule has 1 N–H and O–H groups in total. The van der Waals surface area contributed by atoms with Gasteiger partial charge >= 0.3 is 0 Å². The van der Waals surface area contributed by atoms with Crippen molar-refractivity contribution >= 4 is 44.9 Å². The van der Waals surface area contributed by atoms with Gasteiger partial charge in [0.1, 0.15) is 34.8 Å². The standard InChI is InChI=1S/C29H23ClF2N6O/c1-16(24-11-17-6-4-5-7-23(17)38(24)3)39-25-12-18(19-13-35-37(2)14-19)10-22-26(25)29(34-15-33-22)36-21-9-8-20(31)27(30)28(21)32/h4-16H,1-3H3,(H,33,34,36)/i2D3. The number of fused-ring (bicyclic) bond motifs is 2. The van der Waals surface area contributed by atoms with Gasteiger partial charge < -0.3 is 14.6 Å². The zero-order valence-electron chi connectivity index (χ0n) is 23.8. The number of benzene rings is 3. The molecule has 6 rings (SSSR count). The monoisotopic (exact) mass is 547 g/mol. The van der Waals surface area contributed by atoms with E-state index in [2.05, 4.69) is 20.4 Å². The lowest BCUT2D eigenvalue weighted by Gasteiger charge is -2.20. The Kier molecular flexibility index (Phi) is 5.31. The molecule has 0 radical (unpaired) electrons. The van der Waals surface area contributed by atoms with Crippen LogP contribution in [0.2, 0.25) is 5.02 Å². The van der Waals surface area contributed by atoms with Crippen LogP contribution in [0.4, 0.5) is 20.3 Å². The van der Waals surface area contributed by atoms with Gasteiger partial charge in [0.25, 0.3) is 0 Å². The number of hydrogen-bond acceptors (Lipinski definition) is 5. The molecule has 0 aliphatic rings. The Hall–Kier alpha value is -4.50. The molecule has 0 saturated heterocycles. The van der Waals surface area contributed by atoms with Crippen molar-refractivity contribution in [2.75, 3.05) is 5.32 Å². The fourth-order valence-corrected chi connectivity index (χ4v) is 4.85. The van der Waals surface area contributed by atoms with Crippen LogP contribution in [0.3, 0.4) is 0 Å². The second-order valence-corrected chi connectivity index (χ2v) is 9.44. The minimum absolute atomic E-state index is 0.0860. The van der Waals surface area contributed by atoms with Crippen molar-refractivity contribution in [3.8, 4) is 16.9 Å². The molecule has 1 atom stereocenters. The second-order valence-electron chi connectivity index (χ2n) is 9.06. The van der Waals surface area contributed by atoms with E-state index in [1.165, 1.54) is 24.8 Å². The molecular weight excluding hydrogens is 522 g/mol. The molecule has 0 fully saturated rings. The smallest absolute Gasteiger partial charge is 0.168 e. The summed E-state index contributed by atoms with van der Waals surface area (Å²) >= 11 is 5.81. The first kappa shape index (κ1) is 21.4. The molecule has 3 aromatic carbocycles. The van der Waals surface area contributed by atoms with E-state index < -0.39 is 29.7 Å². The summed E-state index contributed by atoms with van der Waals surface area (Å²) in [4.78, 5) is 8.74. The van der Waals surface area contributed by atoms with Gasteiger partial charge in [-0.25, -0.2) is 18.7 Å². The molecule has 0 spiro atoms. The minimum Gasteiger partial charge on any atom is -0.484 e. The SMILES string of the molecule is [2H]C([2H])([2H])n1cc(-c2cc(OC(C)c3cc4ccccc4n3C)c3c(Nc4ccc(F)c(Cl)c4F)ncnc3c2)cn1. The number of aryl methyl sites for hydroxylation is 2. The van der Waals surface area contributed by atoms with Crippen LogP contribution in [-0.4, -0.2) is 24.3 Å². The third-order valence-corrected chi connectivity index (χ3v) is 6.96. The van der Waals surface area contributed by atoms with Crippen molar-refractivity contribution < 1.29 is 17.6 Å². The van der Waals surface area contributed by atoms with Crippen LogP contribution in [-0.2, 0) is 14.0 Å². The van der Waals surface area contributed by atoms with Crippen LogP contribution in [0.25, 0.3) is 32.9 Å². The number of rotatable bonds is 6. The maximum atomic E-state index is 14.8. The molecule has 6 aromatic rings. The lowest BCUT2D eigenvalue weighted by Crippen LogP contribution is -2.09. The maximum Gasteiger partial charge on any atom is 0.168 e. The summed E-state index contributed by atoms with van der Waals surface area (Å²) in [6.07, 6.45) is 3.69. The number of aromatic nitrogens is 5. The number of anilines is 2. The highest BCUT2D eigenvalue weighted by atomic mass is 35.5. The van der Waals surface area contributed by atoms with Gasteiger partial charge in [-0.3, -0.25) is 4.68 Å². The van der Waals surface area contributed by atoms with Crippen molar-refractivity contribution in [3.63, 3.8) is 0 Å². The van der Waals surface area contributed by atoms with E-state index in [1.807, 2.05) is 48.9 Å². The highest BCUT2D eigenvalue weighted by Crippen LogP contribution is 2.39. The Bertz CT molecular complexity index is 1970. The molecule has 3 heterocycles. The molecule has 3 aromatic heterocycles. The Morgan fingerprint density at radius 3 is 2.72 bits per heavy atom. The molecule has 0 aliphatic heterocycles. The van der Waals surface area contributed by atoms with Crippen LogP contribution >= 0.6 is 11.6 Å². The first-order chi connectivity index (χ1) is 20.0. The second kappa shape index (κ2) is 9.67. The number of ether oxygens (including phenoxy) is 1. The number of halogens is 3. The molecule has 1 unspecified atom stereocenters. The van der Waals surface area contributed by atoms with Gasteiger partial charge in [-0.2, -0.15) is 5.10 Å². The van der Waals surface area contributed by atoms with Crippen molar-refractivity contribution in [1.29, 1.82) is 0 Å². The molecule has 0 aliphatic carbocycles. The summed E-state index contributed by atoms with van der Waals surface area (Å²) in [5.74, 6) is -1.31. The molecule has 7 nitrogen and oxygen atoms in total. The average molecular weight is 548 g/mol. The number of nitrogens with one attached hydrogen (secondary N) is 1. The zero-order valence-corrected chi connectivity index (χ0v) is 21.5. The minimum atomic E-state index is -2.45. The van der Waals surface area contributed by atoms with Crippen molar-refractivity contribution in [2.24, 2.45) is 14.0 Å². The first-order valence-corrected chi connectivity index (χ1v) is 12.3. The number of nitrogens with zero attached hydrogens (tertiary/aromatic N) is 5. The van der Waals surface area contributed by atoms with Gasteiger partial charge in [-0.05, 0) is 54.3 Å². The van der Waals surface area contributed by atoms with Crippen molar-refractivity contribution in [2.45, 2.75) is 13.0 Å². The largest absolute Gasteiger partial charge is 0.484 e. The average Bonchev–Trinajstić information content (AvgIpc) is 3.59. The zero-order chi connectivity index (χ0) is 29.8. The van der Waals surface area contributed by atoms with E-state index >= 15 is 0 Å². The molecule has 39 heavy (non-hydrogen) atoms. The van der Waals surface area contributed by atoms with E-state index in [4.69, 9.17) is 20.5 Å². The number of hydrogen-bond donors (Lipinski definition) is 1. The van der Waals surface area contributed by atoms with E-state index in [9.17, 15) is 8.78 Å². The lowest BCUT2D eigenvalue weighted by atomic mass is 10.1. The molecular formula is C29H23ClF2N6O. The third kappa shape index (κ3) is 4.44. The summed E-state index contributed by atoms with van der Waals surface area (Å²) in [6.45, 7) is -0.549. The van der Waals surface area contributed by atoms with Crippen LogP contribution in [0, 0.1) is 11.6 Å². The first-order valence-electron chi connectivity index (χ1n) is 13.5. The summed E-state index contributed by atoms with van der Waals surface area (Å²) in [7, 11) is 1.95. The Labute approximate surface area is 231 Å². The van der Waals surface area contributed by atoms with Crippen molar-refractivity contribution in [1.82, 2.24) is 24.3 Å². The van der Waals surface area contributed by atoms with Gasteiger partial charge in [-0.15, -0.1) is 0 Å². The molecule has 0 amide bonds. The van der Waals surface area contributed by atoms with Gasteiger partial charge in [0, 0.05) is 35.4 Å².